The summed E-state index contributed by atoms with van der Waals surface area (Å²) in [6, 6.07) is 27.7. The maximum atomic E-state index is 5.29. The van der Waals surface area contributed by atoms with Crippen LogP contribution in [0.2, 0.25) is 0 Å². The summed E-state index contributed by atoms with van der Waals surface area (Å²) in [5.74, 6) is 1.18. The highest BCUT2D eigenvalue weighted by atomic mass is 16.5. The number of hydrogen-bond donors (Lipinski definition) is 0. The highest BCUT2D eigenvalue weighted by Crippen LogP contribution is 2.45. The molecule has 0 fully saturated rings. The van der Waals surface area contributed by atoms with E-state index in [0.717, 1.165) is 5.75 Å². The maximum Gasteiger partial charge on any atom is 0.118 e. The first-order valence-corrected chi connectivity index (χ1v) is 7.87. The Morgan fingerprint density at radius 3 is 2.17 bits per heavy atom. The predicted molar refractivity (Wildman–Crippen MR) is 95.6 cm³/mol. The van der Waals surface area contributed by atoms with Gasteiger partial charge in [0.25, 0.3) is 0 Å². The van der Waals surface area contributed by atoms with E-state index in [4.69, 9.17) is 4.74 Å². The molecule has 1 aliphatic rings. The van der Waals surface area contributed by atoms with Crippen LogP contribution in [0.1, 0.15) is 28.2 Å². The first-order valence-electron chi connectivity index (χ1n) is 7.87. The lowest BCUT2D eigenvalue weighted by Crippen LogP contribution is -2.01. The van der Waals surface area contributed by atoms with Crippen molar-refractivity contribution in [2.75, 3.05) is 7.11 Å². The average molecular weight is 298 g/mol. The van der Waals surface area contributed by atoms with Gasteiger partial charge in [-0.15, -0.1) is 0 Å². The zero-order valence-electron chi connectivity index (χ0n) is 13.1. The Kier molecular flexibility index (Phi) is 3.47. The normalized spacial score (nSPS) is 15.9. The third-order valence-electron chi connectivity index (χ3n) is 4.49. The average Bonchev–Trinajstić information content (AvgIpc) is 3.02. The van der Waals surface area contributed by atoms with Gasteiger partial charge in [-0.2, -0.15) is 0 Å². The van der Waals surface area contributed by atoms with Crippen LogP contribution in [0.3, 0.4) is 0 Å². The van der Waals surface area contributed by atoms with Gasteiger partial charge in [0.2, 0.25) is 0 Å². The quantitative estimate of drug-likeness (QED) is 0.630. The lowest BCUT2D eigenvalue weighted by molar-refractivity contribution is 0.415. The summed E-state index contributed by atoms with van der Waals surface area (Å²) in [6.45, 7) is 0. The number of hydrogen-bond acceptors (Lipinski definition) is 1. The standard InChI is InChI=1S/C22H18O/c1-23-19-13-11-16(12-14-19)21-15-18-9-5-6-10-20(18)22(21)17-7-3-2-4-8-17/h2-15,22H,1H3. The van der Waals surface area contributed by atoms with Crippen molar-refractivity contribution >= 4 is 11.6 Å². The number of benzene rings is 3. The van der Waals surface area contributed by atoms with Crippen LogP contribution in [0.5, 0.6) is 5.75 Å². The van der Waals surface area contributed by atoms with Gasteiger partial charge in [-0.25, -0.2) is 0 Å². The van der Waals surface area contributed by atoms with Crippen molar-refractivity contribution in [2.24, 2.45) is 0 Å². The van der Waals surface area contributed by atoms with E-state index >= 15 is 0 Å². The molecule has 1 heteroatoms. The van der Waals surface area contributed by atoms with Crippen LogP contribution in [-0.2, 0) is 0 Å². The molecule has 23 heavy (non-hydrogen) atoms. The molecular weight excluding hydrogens is 280 g/mol. The highest BCUT2D eigenvalue weighted by molar-refractivity contribution is 5.93. The molecule has 0 bridgehead atoms. The third-order valence-corrected chi connectivity index (χ3v) is 4.49. The lowest BCUT2D eigenvalue weighted by Gasteiger charge is -2.18. The van der Waals surface area contributed by atoms with Crippen LogP contribution in [-0.4, -0.2) is 7.11 Å². The number of ether oxygens (including phenoxy) is 1. The molecule has 0 amide bonds. The SMILES string of the molecule is COc1ccc(C2=Cc3ccccc3C2c2ccccc2)cc1. The summed E-state index contributed by atoms with van der Waals surface area (Å²) in [4.78, 5) is 0. The van der Waals surface area contributed by atoms with E-state index in [0.29, 0.717) is 5.92 Å². The number of allylic oxidation sites excluding steroid dienone is 1. The Hall–Kier alpha value is -2.80. The lowest BCUT2D eigenvalue weighted by atomic mass is 9.85. The molecule has 0 aromatic heterocycles. The van der Waals surface area contributed by atoms with Gasteiger partial charge < -0.3 is 4.74 Å². The summed E-state index contributed by atoms with van der Waals surface area (Å²) >= 11 is 0. The van der Waals surface area contributed by atoms with Crippen LogP contribution in [0.4, 0.5) is 0 Å². The zero-order valence-corrected chi connectivity index (χ0v) is 13.1. The first kappa shape index (κ1) is 13.8. The molecule has 3 aromatic rings. The van der Waals surface area contributed by atoms with Gasteiger partial charge in [0.05, 0.1) is 7.11 Å². The van der Waals surface area contributed by atoms with E-state index in [2.05, 4.69) is 72.8 Å². The fourth-order valence-corrected chi connectivity index (χ4v) is 3.36. The molecule has 1 aliphatic carbocycles. The van der Waals surface area contributed by atoms with Crippen LogP contribution in [0.15, 0.2) is 78.9 Å². The molecule has 0 saturated carbocycles. The summed E-state index contributed by atoms with van der Waals surface area (Å²) in [5.41, 5.74) is 6.62. The van der Waals surface area contributed by atoms with Crippen molar-refractivity contribution < 1.29 is 4.74 Å². The van der Waals surface area contributed by atoms with Gasteiger partial charge in [-0.1, -0.05) is 66.7 Å². The summed E-state index contributed by atoms with van der Waals surface area (Å²) in [6.07, 6.45) is 2.31. The van der Waals surface area contributed by atoms with Crippen molar-refractivity contribution in [3.8, 4) is 5.75 Å². The Morgan fingerprint density at radius 1 is 0.739 bits per heavy atom. The monoisotopic (exact) mass is 298 g/mol. The topological polar surface area (TPSA) is 9.23 Å². The van der Waals surface area contributed by atoms with E-state index in [1.807, 2.05) is 12.1 Å². The number of rotatable bonds is 3. The zero-order chi connectivity index (χ0) is 15.6. The predicted octanol–water partition coefficient (Wildman–Crippen LogP) is 5.38. The number of fused-ring (bicyclic) bond motifs is 1. The van der Waals surface area contributed by atoms with E-state index < -0.39 is 0 Å². The van der Waals surface area contributed by atoms with E-state index in [9.17, 15) is 0 Å². The van der Waals surface area contributed by atoms with Crippen molar-refractivity contribution in [1.29, 1.82) is 0 Å². The summed E-state index contributed by atoms with van der Waals surface area (Å²) in [5, 5.41) is 0. The van der Waals surface area contributed by atoms with Gasteiger partial charge in [0.1, 0.15) is 5.75 Å². The fraction of sp³-hybridized carbons (Fsp3) is 0.0909. The molecule has 4 rings (SSSR count). The second-order valence-corrected chi connectivity index (χ2v) is 5.80. The smallest absolute Gasteiger partial charge is 0.118 e. The van der Waals surface area contributed by atoms with Crippen molar-refractivity contribution in [3.63, 3.8) is 0 Å². The van der Waals surface area contributed by atoms with Crippen molar-refractivity contribution in [2.45, 2.75) is 5.92 Å². The minimum atomic E-state index is 0.292. The molecule has 112 valence electrons. The van der Waals surface area contributed by atoms with E-state index in [-0.39, 0.29) is 0 Å². The third kappa shape index (κ3) is 2.44. The molecule has 0 N–H and O–H groups in total. The molecular formula is C22H18O. The fourth-order valence-electron chi connectivity index (χ4n) is 3.36. The van der Waals surface area contributed by atoms with Gasteiger partial charge in [0, 0.05) is 5.92 Å². The molecule has 0 aliphatic heterocycles. The molecule has 1 nitrogen and oxygen atoms in total. The van der Waals surface area contributed by atoms with E-state index in [1.54, 1.807) is 7.11 Å². The molecule has 0 spiro atoms. The molecule has 0 heterocycles. The number of methoxy groups -OCH3 is 1. The van der Waals surface area contributed by atoms with Crippen LogP contribution in [0.25, 0.3) is 11.6 Å². The van der Waals surface area contributed by atoms with Crippen molar-refractivity contribution in [3.05, 3.63) is 101 Å². The minimum Gasteiger partial charge on any atom is -0.497 e. The second-order valence-electron chi connectivity index (χ2n) is 5.80. The summed E-state index contributed by atoms with van der Waals surface area (Å²) < 4.78 is 5.29. The Bertz CT molecular complexity index is 845. The second kappa shape index (κ2) is 5.77. The van der Waals surface area contributed by atoms with Crippen LogP contribution < -0.4 is 4.74 Å². The van der Waals surface area contributed by atoms with Crippen LogP contribution in [0, 0.1) is 0 Å². The summed E-state index contributed by atoms with van der Waals surface area (Å²) in [7, 11) is 1.70. The van der Waals surface area contributed by atoms with Gasteiger partial charge in [0.15, 0.2) is 0 Å². The largest absolute Gasteiger partial charge is 0.497 e. The molecule has 0 saturated heterocycles. The van der Waals surface area contributed by atoms with Crippen molar-refractivity contribution in [1.82, 2.24) is 0 Å². The Morgan fingerprint density at radius 2 is 1.43 bits per heavy atom. The maximum absolute atomic E-state index is 5.29. The van der Waals surface area contributed by atoms with Crippen LogP contribution >= 0.6 is 0 Å². The molecule has 1 atom stereocenters. The van der Waals surface area contributed by atoms with Gasteiger partial charge in [-0.05, 0) is 46.0 Å². The van der Waals surface area contributed by atoms with Gasteiger partial charge >= 0.3 is 0 Å². The van der Waals surface area contributed by atoms with Gasteiger partial charge in [-0.3, -0.25) is 0 Å². The first-order chi connectivity index (χ1) is 11.4. The molecule has 1 unspecified atom stereocenters. The highest BCUT2D eigenvalue weighted by Gasteiger charge is 2.27. The molecule has 0 radical (unpaired) electrons. The van der Waals surface area contributed by atoms with E-state index in [1.165, 1.54) is 27.8 Å². The Labute approximate surface area is 136 Å². The Balaban J connectivity index is 1.84. The minimum absolute atomic E-state index is 0.292. The molecule has 3 aromatic carbocycles.